The van der Waals surface area contributed by atoms with Gasteiger partial charge in [0.2, 0.25) is 0 Å². The Morgan fingerprint density at radius 3 is 2.72 bits per heavy atom. The highest BCUT2D eigenvalue weighted by Crippen LogP contribution is 2.37. The van der Waals surface area contributed by atoms with Gasteiger partial charge in [-0.15, -0.1) is 0 Å². The standard InChI is InChI=1S/C14H29NO3/c1-12(2)18-10-9-17-8-6-13-5-4-7-14(13,11-16)15-3/h12-13,15-16H,4-11H2,1-3H3. The first kappa shape index (κ1) is 15.9. The Hall–Kier alpha value is -0.160. The minimum absolute atomic E-state index is 0.0716. The lowest BCUT2D eigenvalue weighted by atomic mass is 9.86. The normalized spacial score (nSPS) is 28.2. The summed E-state index contributed by atoms with van der Waals surface area (Å²) in [5, 5.41) is 12.9. The first-order chi connectivity index (χ1) is 8.64. The Kier molecular flexibility index (Phi) is 7.15. The van der Waals surface area contributed by atoms with Crippen molar-refractivity contribution in [3.8, 4) is 0 Å². The number of ether oxygens (including phenoxy) is 2. The van der Waals surface area contributed by atoms with Crippen LogP contribution in [-0.4, -0.2) is 50.2 Å². The first-order valence-corrected chi connectivity index (χ1v) is 7.13. The molecule has 0 aromatic carbocycles. The second kappa shape index (κ2) is 8.10. The molecule has 0 spiro atoms. The molecule has 4 heteroatoms. The van der Waals surface area contributed by atoms with Gasteiger partial charge >= 0.3 is 0 Å². The summed E-state index contributed by atoms with van der Waals surface area (Å²) >= 11 is 0. The molecule has 0 amide bonds. The van der Waals surface area contributed by atoms with Crippen LogP contribution in [0.1, 0.15) is 39.5 Å². The van der Waals surface area contributed by atoms with Gasteiger partial charge in [-0.05, 0) is 46.1 Å². The Morgan fingerprint density at radius 2 is 2.11 bits per heavy atom. The quantitative estimate of drug-likeness (QED) is 0.617. The average Bonchev–Trinajstić information content (AvgIpc) is 2.76. The van der Waals surface area contributed by atoms with Crippen LogP contribution in [0.15, 0.2) is 0 Å². The van der Waals surface area contributed by atoms with E-state index in [0.29, 0.717) is 19.1 Å². The van der Waals surface area contributed by atoms with Gasteiger partial charge in [-0.3, -0.25) is 0 Å². The van der Waals surface area contributed by atoms with Crippen LogP contribution in [0.5, 0.6) is 0 Å². The van der Waals surface area contributed by atoms with Crippen molar-refractivity contribution in [2.45, 2.75) is 51.2 Å². The molecule has 2 unspecified atom stereocenters. The number of rotatable bonds is 9. The van der Waals surface area contributed by atoms with Crippen molar-refractivity contribution in [3.63, 3.8) is 0 Å². The zero-order chi connectivity index (χ0) is 13.4. The maximum absolute atomic E-state index is 9.57. The van der Waals surface area contributed by atoms with E-state index in [-0.39, 0.29) is 18.2 Å². The maximum atomic E-state index is 9.57. The summed E-state index contributed by atoms with van der Waals surface area (Å²) < 4.78 is 11.0. The number of aliphatic hydroxyl groups excluding tert-OH is 1. The summed E-state index contributed by atoms with van der Waals surface area (Å²) in [4.78, 5) is 0. The molecule has 0 aromatic heterocycles. The molecule has 2 N–H and O–H groups in total. The number of hydrogen-bond donors (Lipinski definition) is 2. The number of aliphatic hydroxyl groups is 1. The number of hydrogen-bond acceptors (Lipinski definition) is 4. The molecule has 18 heavy (non-hydrogen) atoms. The molecule has 1 aliphatic rings. The SMILES string of the molecule is CNC1(CO)CCCC1CCOCCOC(C)C. The van der Waals surface area contributed by atoms with Crippen LogP contribution < -0.4 is 5.32 Å². The van der Waals surface area contributed by atoms with Crippen LogP contribution in [0, 0.1) is 5.92 Å². The predicted molar refractivity (Wildman–Crippen MR) is 72.7 cm³/mol. The Bertz CT molecular complexity index is 217. The second-order valence-corrected chi connectivity index (χ2v) is 5.47. The molecule has 0 radical (unpaired) electrons. The van der Waals surface area contributed by atoms with Gasteiger partial charge in [-0.2, -0.15) is 0 Å². The fraction of sp³-hybridized carbons (Fsp3) is 1.00. The molecule has 0 aliphatic heterocycles. The van der Waals surface area contributed by atoms with Crippen molar-refractivity contribution < 1.29 is 14.6 Å². The third-order valence-electron chi connectivity index (χ3n) is 4.03. The van der Waals surface area contributed by atoms with Crippen molar-refractivity contribution in [3.05, 3.63) is 0 Å². The van der Waals surface area contributed by atoms with E-state index in [1.165, 1.54) is 12.8 Å². The van der Waals surface area contributed by atoms with Gasteiger partial charge in [-0.1, -0.05) is 6.42 Å². The zero-order valence-electron chi connectivity index (χ0n) is 12.1. The van der Waals surface area contributed by atoms with Crippen molar-refractivity contribution in [1.82, 2.24) is 5.32 Å². The minimum Gasteiger partial charge on any atom is -0.394 e. The van der Waals surface area contributed by atoms with E-state index in [4.69, 9.17) is 9.47 Å². The van der Waals surface area contributed by atoms with Gasteiger partial charge in [0.15, 0.2) is 0 Å². The third kappa shape index (κ3) is 4.50. The highest BCUT2D eigenvalue weighted by molar-refractivity contribution is 4.97. The summed E-state index contributed by atoms with van der Waals surface area (Å²) in [5.74, 6) is 0.526. The molecule has 1 rings (SSSR count). The molecule has 0 aromatic rings. The van der Waals surface area contributed by atoms with E-state index in [2.05, 4.69) is 5.32 Å². The number of nitrogens with one attached hydrogen (secondary N) is 1. The summed E-state index contributed by atoms with van der Waals surface area (Å²) in [6, 6.07) is 0. The highest BCUT2D eigenvalue weighted by atomic mass is 16.5. The molecule has 108 valence electrons. The van der Waals surface area contributed by atoms with E-state index in [0.717, 1.165) is 19.4 Å². The van der Waals surface area contributed by atoms with Crippen molar-refractivity contribution in [2.24, 2.45) is 5.92 Å². The Morgan fingerprint density at radius 1 is 1.33 bits per heavy atom. The molecule has 1 saturated carbocycles. The summed E-state index contributed by atoms with van der Waals surface area (Å²) in [7, 11) is 1.95. The predicted octanol–water partition coefficient (Wildman–Crippen LogP) is 1.57. The van der Waals surface area contributed by atoms with E-state index < -0.39 is 0 Å². The Labute approximate surface area is 111 Å². The average molecular weight is 259 g/mol. The highest BCUT2D eigenvalue weighted by Gasteiger charge is 2.40. The third-order valence-corrected chi connectivity index (χ3v) is 4.03. The lowest BCUT2D eigenvalue weighted by Crippen LogP contribution is -2.49. The largest absolute Gasteiger partial charge is 0.394 e. The van der Waals surface area contributed by atoms with Crippen LogP contribution in [0.2, 0.25) is 0 Å². The molecular weight excluding hydrogens is 230 g/mol. The van der Waals surface area contributed by atoms with E-state index in [1.807, 2.05) is 20.9 Å². The smallest absolute Gasteiger partial charge is 0.0703 e. The van der Waals surface area contributed by atoms with Gasteiger partial charge < -0.3 is 19.9 Å². The molecule has 0 bridgehead atoms. The minimum atomic E-state index is -0.0716. The second-order valence-electron chi connectivity index (χ2n) is 5.47. The molecule has 0 heterocycles. The number of likely N-dealkylation sites (N-methyl/N-ethyl adjacent to an activating group) is 1. The summed E-state index contributed by atoms with van der Waals surface area (Å²) in [6.07, 6.45) is 4.75. The van der Waals surface area contributed by atoms with Crippen LogP contribution in [-0.2, 0) is 9.47 Å². The van der Waals surface area contributed by atoms with E-state index in [9.17, 15) is 5.11 Å². The van der Waals surface area contributed by atoms with Gasteiger partial charge in [0.05, 0.1) is 25.9 Å². The lowest BCUT2D eigenvalue weighted by molar-refractivity contribution is 0.0122. The van der Waals surface area contributed by atoms with Gasteiger partial charge in [-0.25, -0.2) is 0 Å². The van der Waals surface area contributed by atoms with Crippen LogP contribution in [0.25, 0.3) is 0 Å². The van der Waals surface area contributed by atoms with Crippen molar-refractivity contribution in [1.29, 1.82) is 0 Å². The molecule has 1 aliphatic carbocycles. The lowest BCUT2D eigenvalue weighted by Gasteiger charge is -2.33. The maximum Gasteiger partial charge on any atom is 0.0703 e. The van der Waals surface area contributed by atoms with Crippen LogP contribution >= 0.6 is 0 Å². The molecule has 4 nitrogen and oxygen atoms in total. The molecule has 0 saturated heterocycles. The first-order valence-electron chi connectivity index (χ1n) is 7.13. The van der Waals surface area contributed by atoms with Crippen LogP contribution in [0.3, 0.4) is 0 Å². The molecule has 2 atom stereocenters. The zero-order valence-corrected chi connectivity index (χ0v) is 12.1. The van der Waals surface area contributed by atoms with E-state index in [1.54, 1.807) is 0 Å². The van der Waals surface area contributed by atoms with Gasteiger partial charge in [0.1, 0.15) is 0 Å². The van der Waals surface area contributed by atoms with Crippen LogP contribution in [0.4, 0.5) is 0 Å². The fourth-order valence-corrected chi connectivity index (χ4v) is 2.85. The summed E-state index contributed by atoms with van der Waals surface area (Å²) in [5.41, 5.74) is -0.0716. The molecular formula is C14H29NO3. The molecule has 1 fully saturated rings. The van der Waals surface area contributed by atoms with Gasteiger partial charge in [0, 0.05) is 12.1 Å². The fourth-order valence-electron chi connectivity index (χ4n) is 2.85. The van der Waals surface area contributed by atoms with Crippen molar-refractivity contribution in [2.75, 3.05) is 33.5 Å². The topological polar surface area (TPSA) is 50.7 Å². The Balaban J connectivity index is 2.15. The monoisotopic (exact) mass is 259 g/mol. The summed E-state index contributed by atoms with van der Waals surface area (Å²) in [6.45, 7) is 6.37. The van der Waals surface area contributed by atoms with Crippen molar-refractivity contribution >= 4 is 0 Å². The van der Waals surface area contributed by atoms with Gasteiger partial charge in [0.25, 0.3) is 0 Å². The van der Waals surface area contributed by atoms with E-state index >= 15 is 0 Å².